The van der Waals surface area contributed by atoms with Gasteiger partial charge in [0, 0.05) is 44.9 Å². The summed E-state index contributed by atoms with van der Waals surface area (Å²) in [4.78, 5) is 106. The van der Waals surface area contributed by atoms with Crippen molar-refractivity contribution >= 4 is 62.4 Å². The summed E-state index contributed by atoms with van der Waals surface area (Å²) < 4.78 is 104. The Labute approximate surface area is 477 Å². The lowest BCUT2D eigenvalue weighted by Gasteiger charge is -2.29. The first kappa shape index (κ1) is 77.3. The molecule has 0 radical (unpaired) electrons. The van der Waals surface area contributed by atoms with Gasteiger partial charge in [0.1, 0.15) is 38.2 Å². The molecule has 4 heterocycles. The molecule has 0 amide bonds. The molecule has 4 bridgehead atoms. The van der Waals surface area contributed by atoms with Gasteiger partial charge < -0.3 is 117 Å². The molecule has 4 atom stereocenters. The first-order valence-electron chi connectivity index (χ1n) is 27.1. The van der Waals surface area contributed by atoms with Crippen LogP contribution in [-0.4, -0.2) is 259 Å². The minimum absolute atomic E-state index is 0.0303. The van der Waals surface area contributed by atoms with Crippen molar-refractivity contribution in [2.24, 2.45) is 23.3 Å². The third-order valence-corrected chi connectivity index (χ3v) is 22.5. The van der Waals surface area contributed by atoms with Gasteiger partial charge in [0.15, 0.2) is 0 Å². The van der Waals surface area contributed by atoms with Crippen LogP contribution in [0.5, 0.6) is 0 Å². The second kappa shape index (κ2) is 39.3. The minimum Gasteiger partial charge on any atom is -0.389 e. The molecule has 81 heavy (non-hydrogen) atoms. The Bertz CT molecular complexity index is 1900. The van der Waals surface area contributed by atoms with Crippen molar-refractivity contribution in [3.8, 4) is 0 Å². The van der Waals surface area contributed by atoms with E-state index in [4.69, 9.17) is 52.3 Å². The van der Waals surface area contributed by atoms with E-state index in [9.17, 15) is 82.0 Å². The van der Waals surface area contributed by atoms with E-state index < -0.39 is 105 Å². The highest BCUT2D eigenvalue weighted by molar-refractivity contribution is 7.53. The highest BCUT2D eigenvalue weighted by Crippen LogP contribution is 2.43. The second-order valence-electron chi connectivity index (χ2n) is 20.8. The summed E-state index contributed by atoms with van der Waals surface area (Å²) in [5.74, 6) is 0.0538. The summed E-state index contributed by atoms with van der Waals surface area (Å²) >= 11 is 0. The van der Waals surface area contributed by atoms with Gasteiger partial charge in [-0.15, -0.1) is 0 Å². The number of carbonyl (C=O) groups excluding carboxylic acids is 1. The average Bonchev–Trinajstić information content (AvgIpc) is 4.19. The SMILES string of the molecule is C=O.NCCCC(CN)CCCCNCC(O)COCCC[Si]12OCC(CO1)O2.O=P(O)(O)CN(CCCCC(CCCN(CP(=O)(O)O)CP(=O)(O)O)CN(CP(=O)(O)O)CP(=O)(O)O)CC(O)COCCC[Si]12OCC(CO1)O2. The van der Waals surface area contributed by atoms with Crippen LogP contribution in [0.25, 0.3) is 0 Å². The van der Waals surface area contributed by atoms with Gasteiger partial charge >= 0.3 is 55.6 Å². The van der Waals surface area contributed by atoms with E-state index in [1.807, 2.05) is 6.79 Å². The summed E-state index contributed by atoms with van der Waals surface area (Å²) in [6.07, 6.45) is 2.15. The standard InChI is InChI=1S/C23H54N3O20P5Si.C18H39N3O5Si.CH2O/c27-22(13-43-9-4-10-52-44-14-23(46-52)15-45-52)12-24(16-47(28,29)30)7-2-1-5-21(11-26(19-50(37,38)39)20-51(40,41)42)6-3-8-25(17-48(31,32)33)18-49(34,35)36;19-7-3-6-16(11-20)5-1-2-8-21-12-17(22)13-23-9-4-10-27-24-14-18(26-27)15-25-27;1-2/h21-23,27H,1-20H2,(H2,28,29,30)(H2,31,32,33)(H2,34,35,36)(H2,37,38,39)(H2,40,41,42);16-18,21-22H,1-15,19-20H2;1H2. The summed E-state index contributed by atoms with van der Waals surface area (Å²) in [7, 11) is -28.5. The molecule has 0 aromatic rings. The number of nitrogens with two attached hydrogens (primary N) is 2. The number of rotatable bonds is 46. The lowest BCUT2D eigenvalue weighted by Crippen LogP contribution is -2.38. The zero-order valence-electron chi connectivity index (χ0n) is 46.2. The first-order valence-corrected chi connectivity index (χ1v) is 39.9. The number of hydrogen-bond donors (Lipinski definition) is 15. The lowest BCUT2D eigenvalue weighted by molar-refractivity contribution is -0.0980. The van der Waals surface area contributed by atoms with Crippen LogP contribution in [0.4, 0.5) is 0 Å². The summed E-state index contributed by atoms with van der Waals surface area (Å²) in [6.45, 7) is 7.96. The predicted octanol–water partition coefficient (Wildman–Crippen LogP) is -0.685. The molecule has 0 aliphatic carbocycles. The molecule has 0 spiro atoms. The van der Waals surface area contributed by atoms with Gasteiger partial charge in [0.05, 0.1) is 64.1 Å². The van der Waals surface area contributed by atoms with Crippen LogP contribution >= 0.6 is 38.0 Å². The average molecular weight is 1310 g/mol. The van der Waals surface area contributed by atoms with E-state index in [1.165, 1.54) is 4.90 Å². The third kappa shape index (κ3) is 38.3. The van der Waals surface area contributed by atoms with E-state index in [0.717, 1.165) is 74.0 Å². The molecule has 32 nitrogen and oxygen atoms in total. The topological polar surface area (TPSA) is 493 Å². The predicted molar refractivity (Wildman–Crippen MR) is 298 cm³/mol. The fraction of sp³-hybridized carbons (Fsp3) is 0.976. The molecule has 0 aromatic heterocycles. The maximum atomic E-state index is 11.8. The smallest absolute Gasteiger partial charge is 0.389 e. The quantitative estimate of drug-likeness (QED) is 0.0204. The van der Waals surface area contributed by atoms with Crippen molar-refractivity contribution in [3.63, 3.8) is 0 Å². The maximum absolute atomic E-state index is 11.8. The Morgan fingerprint density at radius 2 is 0.926 bits per heavy atom. The zero-order chi connectivity index (χ0) is 60.8. The number of ether oxygens (including phenoxy) is 2. The van der Waals surface area contributed by atoms with Crippen molar-refractivity contribution in [1.82, 2.24) is 20.0 Å². The van der Waals surface area contributed by atoms with Gasteiger partial charge in [-0.2, -0.15) is 0 Å². The molecular weight excluding hydrogens is 1220 g/mol. The van der Waals surface area contributed by atoms with E-state index in [0.29, 0.717) is 77.4 Å². The zero-order valence-corrected chi connectivity index (χ0v) is 52.7. The summed E-state index contributed by atoms with van der Waals surface area (Å²) in [5, 5.41) is 23.8. The molecule has 4 rings (SSSR count). The number of aliphatic hydroxyl groups excluding tert-OH is 2. The normalized spacial score (nSPS) is 22.7. The van der Waals surface area contributed by atoms with Crippen LogP contribution < -0.4 is 16.8 Å². The highest BCUT2D eigenvalue weighted by Gasteiger charge is 2.55. The van der Waals surface area contributed by atoms with Crippen molar-refractivity contribution in [2.75, 3.05) is 137 Å². The fourth-order valence-electron chi connectivity index (χ4n) is 9.55. The monoisotopic (exact) mass is 1310 g/mol. The second-order valence-corrected chi connectivity index (χ2v) is 34.3. The van der Waals surface area contributed by atoms with Gasteiger partial charge in [-0.25, -0.2) is 0 Å². The van der Waals surface area contributed by atoms with Crippen LogP contribution in [-0.2, 0) is 63.6 Å². The molecule has 4 aliphatic heterocycles. The summed E-state index contributed by atoms with van der Waals surface area (Å²) in [5.41, 5.74) is 11.3. The van der Waals surface area contributed by atoms with Gasteiger partial charge in [-0.1, -0.05) is 12.8 Å². The van der Waals surface area contributed by atoms with E-state index >= 15 is 0 Å². The van der Waals surface area contributed by atoms with Gasteiger partial charge in [0.2, 0.25) is 0 Å². The number of fused-ring (bicyclic) bond motifs is 4. The Kier molecular flexibility index (Phi) is 37.5. The number of carbonyl (C=O) groups is 1. The van der Waals surface area contributed by atoms with Crippen LogP contribution in [0.2, 0.25) is 12.1 Å². The number of nitrogens with zero attached hydrogens (tertiary/aromatic N) is 3. The van der Waals surface area contributed by atoms with Crippen LogP contribution in [0, 0.1) is 11.8 Å². The minimum atomic E-state index is -4.78. The first-order chi connectivity index (χ1) is 37.9. The van der Waals surface area contributed by atoms with Gasteiger partial charge in [-0.05, 0) is 109 Å². The number of nitrogens with one attached hydrogen (secondary N) is 1. The number of aliphatic hydroxyl groups is 2. The van der Waals surface area contributed by atoms with Crippen molar-refractivity contribution < 1.29 is 123 Å². The van der Waals surface area contributed by atoms with Crippen molar-refractivity contribution in [1.29, 1.82) is 0 Å². The number of hydrogen-bond acceptors (Lipinski definition) is 22. The molecule has 0 saturated carbocycles. The van der Waals surface area contributed by atoms with Crippen molar-refractivity contribution in [3.05, 3.63) is 0 Å². The molecule has 4 saturated heterocycles. The molecule has 17 N–H and O–H groups in total. The molecule has 4 aliphatic rings. The third-order valence-electron chi connectivity index (χ3n) is 12.9. The molecule has 0 aromatic carbocycles. The van der Waals surface area contributed by atoms with E-state index in [1.54, 1.807) is 0 Å². The summed E-state index contributed by atoms with van der Waals surface area (Å²) in [6, 6.07) is 1.35. The molecule has 39 heteroatoms. The van der Waals surface area contributed by atoms with Gasteiger partial charge in [0.25, 0.3) is 0 Å². The van der Waals surface area contributed by atoms with Crippen molar-refractivity contribution in [2.45, 2.75) is 114 Å². The van der Waals surface area contributed by atoms with E-state index in [2.05, 4.69) is 5.32 Å². The number of unbranched alkanes of at least 4 members (excludes halogenated alkanes) is 2. The molecule has 4 unspecified atom stereocenters. The Morgan fingerprint density at radius 1 is 0.519 bits per heavy atom. The Morgan fingerprint density at radius 3 is 1.37 bits per heavy atom. The van der Waals surface area contributed by atoms with Gasteiger partial charge in [-0.3, -0.25) is 37.5 Å². The molecular formula is C42H95N6O26P5Si2. The fourth-order valence-corrected chi connectivity index (χ4v) is 19.1. The largest absolute Gasteiger partial charge is 0.501 e. The Hall–Kier alpha value is 0.214. The highest BCUT2D eigenvalue weighted by atomic mass is 31.2. The molecule has 4 fully saturated rings. The lowest BCUT2D eigenvalue weighted by atomic mass is 9.96. The molecule has 482 valence electrons. The van der Waals surface area contributed by atoms with Crippen LogP contribution in [0.1, 0.15) is 77.0 Å². The maximum Gasteiger partial charge on any atom is 0.501 e. The Balaban J connectivity index is 0.000000645. The van der Waals surface area contributed by atoms with Crippen LogP contribution in [0.3, 0.4) is 0 Å². The van der Waals surface area contributed by atoms with Crippen LogP contribution in [0.15, 0.2) is 0 Å². The van der Waals surface area contributed by atoms with E-state index in [-0.39, 0.29) is 70.9 Å².